The van der Waals surface area contributed by atoms with Crippen LogP contribution >= 0.6 is 0 Å². The lowest BCUT2D eigenvalue weighted by Gasteiger charge is -2.45. The van der Waals surface area contributed by atoms with Gasteiger partial charge in [-0.25, -0.2) is 0 Å². The predicted molar refractivity (Wildman–Crippen MR) is 277 cm³/mol. The molecule has 81 heavy (non-hydrogen) atoms. The second-order valence-electron chi connectivity index (χ2n) is 22.7. The van der Waals surface area contributed by atoms with Gasteiger partial charge in [-0.2, -0.15) is 0 Å². The summed E-state index contributed by atoms with van der Waals surface area (Å²) in [7, 11) is 1.18. The van der Waals surface area contributed by atoms with E-state index in [1.807, 2.05) is 13.8 Å². The van der Waals surface area contributed by atoms with Gasteiger partial charge in [0.05, 0.1) is 72.0 Å². The lowest BCUT2D eigenvalue weighted by Crippen LogP contribution is -2.57. The average molecular weight is 1160 g/mol. The fourth-order valence-electron chi connectivity index (χ4n) is 12.0. The van der Waals surface area contributed by atoms with E-state index in [0.29, 0.717) is 6.42 Å². The summed E-state index contributed by atoms with van der Waals surface area (Å²) in [5.41, 5.74) is 0.185. The number of aliphatic hydroxyl groups is 8. The summed E-state index contributed by atoms with van der Waals surface area (Å²) < 4.78 is 73.2. The van der Waals surface area contributed by atoms with Gasteiger partial charge in [0.1, 0.15) is 66.1 Å². The summed E-state index contributed by atoms with van der Waals surface area (Å²) in [6.07, 6.45) is -27.8. The van der Waals surface area contributed by atoms with E-state index in [2.05, 4.69) is 0 Å². The van der Waals surface area contributed by atoms with E-state index >= 15 is 4.79 Å². The Labute approximate surface area is 469 Å². The molecule has 5 aliphatic heterocycles. The minimum absolute atomic E-state index is 0.0413. The van der Waals surface area contributed by atoms with Gasteiger partial charge in [0, 0.05) is 57.6 Å². The van der Waals surface area contributed by atoms with E-state index < -0.39 is 188 Å². The molecule has 5 saturated heterocycles. The molecule has 26 atom stereocenters. The summed E-state index contributed by atoms with van der Waals surface area (Å²) in [4.78, 5) is 41.5. The van der Waals surface area contributed by atoms with Crippen molar-refractivity contribution < 1.29 is 122 Å². The Morgan fingerprint density at radius 1 is 0.654 bits per heavy atom. The maximum atomic E-state index is 15.3. The molecule has 10 N–H and O–H groups in total. The van der Waals surface area contributed by atoms with Gasteiger partial charge in [0.25, 0.3) is 0 Å². The first-order chi connectivity index (χ1) is 38.2. The number of ketones is 2. The highest BCUT2D eigenvalue weighted by molar-refractivity contribution is 6.11. The van der Waals surface area contributed by atoms with Crippen LogP contribution in [0.2, 0.25) is 0 Å². The number of hydrogen-bond donors (Lipinski definition) is 10. The molecule has 0 spiro atoms. The fraction of sp³-hybridized carbons (Fsp3) is 0.768. The number of carbonyl (C=O) groups excluding carboxylic acids is 3. The molecule has 5 heterocycles. The maximum Gasteiger partial charge on any atom is 0.303 e. The predicted octanol–water partition coefficient (Wildman–Crippen LogP) is 1.14. The standard InChI is InChI=1S/C56H82O25/c1-11-20(2)42-33(77-39-17-34(48(64)24(6)73-39)78-37-15-31(59)46(62)22(4)71-37)14-29-12-28-13-30(55(70-10)53(69)45(61)21(3)57)56(52(68)44(28)51(67)43(29)50(42)66)81-41-18-35(49(65)25(7)74-41)79-40-19-36(54(26(8)75-40)76-27(9)58)80-38-16-32(60)47(63)23(5)72-38/h12,14,20-26,30-32,34-41,45-49,54-57,59-67H,11,13,15-19H2,1-10H3/t20?,21?,22-,23-,24-,25-,26-,30-,31-,32-,34-,35-,36-,37+,38+,39+,40+,41+,45?,46-,47-,48-,49-,54+,55?,56-/m1/s1. The summed E-state index contributed by atoms with van der Waals surface area (Å²) >= 11 is 0. The molecule has 0 aromatic heterocycles. The van der Waals surface area contributed by atoms with Crippen molar-refractivity contribution in [2.75, 3.05) is 7.11 Å². The molecule has 8 rings (SSSR count). The highest BCUT2D eigenvalue weighted by Crippen LogP contribution is 2.50. The van der Waals surface area contributed by atoms with Crippen molar-refractivity contribution in [1.29, 1.82) is 0 Å². The second kappa shape index (κ2) is 26.2. The number of benzene rings is 2. The van der Waals surface area contributed by atoms with Crippen LogP contribution in [0.3, 0.4) is 0 Å². The van der Waals surface area contributed by atoms with Crippen molar-refractivity contribution in [2.24, 2.45) is 5.92 Å². The minimum Gasteiger partial charge on any atom is -0.507 e. The van der Waals surface area contributed by atoms with Crippen LogP contribution in [-0.4, -0.2) is 223 Å². The van der Waals surface area contributed by atoms with E-state index in [0.717, 1.165) is 0 Å². The SMILES string of the molecule is CCC(C)c1c(O[C@H]2C[C@@H](O[C@H]3C[C@@H](O)[C@H](O)[C@@H](C)O3)[C@H](O)[C@@H](C)O2)cc2cc3c(c(O)c2c1O)C(=O)[C@H](O[C@H]1C[C@@H](O[C@H]2C[C@@H](O[C@H]4C[C@@H](O)[C@H](O)[C@@H](C)O4)[C@@H](OC(C)=O)[C@@H](C)O2)[C@H](O)[C@@H](C)O1)[C@@H](C(OC)C(=O)C(O)C(C)O)C3. The van der Waals surface area contributed by atoms with Crippen LogP contribution in [0.1, 0.15) is 128 Å². The van der Waals surface area contributed by atoms with E-state index in [1.54, 1.807) is 39.8 Å². The third-order valence-corrected chi connectivity index (χ3v) is 16.7. The van der Waals surface area contributed by atoms with Gasteiger partial charge in [-0.05, 0) is 83.4 Å². The highest BCUT2D eigenvalue weighted by atomic mass is 16.7. The molecule has 6 aliphatic rings. The summed E-state index contributed by atoms with van der Waals surface area (Å²) in [5, 5.41) is 110. The van der Waals surface area contributed by atoms with Gasteiger partial charge in [-0.1, -0.05) is 13.8 Å². The molecular formula is C56H82O25. The zero-order chi connectivity index (χ0) is 59.2. The Morgan fingerprint density at radius 3 is 1.65 bits per heavy atom. The largest absolute Gasteiger partial charge is 0.507 e. The number of phenolic OH excluding ortho intramolecular Hbond substituents is 2. The molecule has 456 valence electrons. The zero-order valence-electron chi connectivity index (χ0n) is 47.2. The van der Waals surface area contributed by atoms with Gasteiger partial charge in [-0.15, -0.1) is 0 Å². The van der Waals surface area contributed by atoms with Crippen molar-refractivity contribution >= 4 is 28.3 Å². The maximum absolute atomic E-state index is 15.3. The molecule has 0 amide bonds. The van der Waals surface area contributed by atoms with E-state index in [4.69, 9.17) is 56.8 Å². The molecule has 25 heteroatoms. The Kier molecular flexibility index (Phi) is 20.5. The van der Waals surface area contributed by atoms with Crippen LogP contribution in [0, 0.1) is 5.92 Å². The van der Waals surface area contributed by atoms with Crippen molar-refractivity contribution in [3.05, 3.63) is 28.8 Å². The first kappa shape index (κ1) is 63.2. The number of carbonyl (C=O) groups is 3. The molecule has 2 aromatic carbocycles. The third kappa shape index (κ3) is 13.5. The molecule has 4 unspecified atom stereocenters. The topological polar surface area (TPSA) is 364 Å². The van der Waals surface area contributed by atoms with E-state index in [1.165, 1.54) is 27.9 Å². The van der Waals surface area contributed by atoms with Crippen LogP contribution in [0.25, 0.3) is 10.8 Å². The Bertz CT molecular complexity index is 2490. The monoisotopic (exact) mass is 1150 g/mol. The molecule has 2 aromatic rings. The molecule has 0 saturated carbocycles. The van der Waals surface area contributed by atoms with Gasteiger partial charge >= 0.3 is 5.97 Å². The quantitative estimate of drug-likeness (QED) is 0.0936. The second-order valence-corrected chi connectivity index (χ2v) is 22.7. The Hall–Kier alpha value is -3.81. The van der Waals surface area contributed by atoms with Crippen LogP contribution in [0.5, 0.6) is 17.2 Å². The Morgan fingerprint density at radius 2 is 1.14 bits per heavy atom. The van der Waals surface area contributed by atoms with Gasteiger partial charge in [0.2, 0.25) is 6.29 Å². The number of esters is 1. The molecule has 5 fully saturated rings. The van der Waals surface area contributed by atoms with Crippen LogP contribution in [0.15, 0.2) is 12.1 Å². The number of phenols is 2. The van der Waals surface area contributed by atoms with Crippen LogP contribution in [-0.2, 0) is 68.1 Å². The summed E-state index contributed by atoms with van der Waals surface area (Å²) in [6, 6.07) is 3.11. The molecular weight excluding hydrogens is 1070 g/mol. The minimum atomic E-state index is -1.96. The van der Waals surface area contributed by atoms with Gasteiger partial charge in [0.15, 0.2) is 42.8 Å². The zero-order valence-corrected chi connectivity index (χ0v) is 47.2. The Balaban J connectivity index is 1.09. The first-order valence-electron chi connectivity index (χ1n) is 28.0. The van der Waals surface area contributed by atoms with Crippen molar-refractivity contribution in [3.8, 4) is 17.2 Å². The molecule has 25 nitrogen and oxygen atoms in total. The number of Topliss-reactive ketones (excluding diaryl/α,β-unsaturated/α-hetero) is 2. The first-order valence-corrected chi connectivity index (χ1v) is 28.0. The number of fused-ring (bicyclic) bond motifs is 2. The van der Waals surface area contributed by atoms with Gasteiger partial charge in [-0.3, -0.25) is 14.4 Å². The number of aliphatic hydroxyl groups excluding tert-OH is 8. The molecule has 0 bridgehead atoms. The summed E-state index contributed by atoms with van der Waals surface area (Å²) in [6.45, 7) is 14.1. The highest BCUT2D eigenvalue weighted by Gasteiger charge is 2.51. The van der Waals surface area contributed by atoms with Crippen LogP contribution in [0.4, 0.5) is 0 Å². The van der Waals surface area contributed by atoms with Crippen molar-refractivity contribution in [3.63, 3.8) is 0 Å². The lowest BCUT2D eigenvalue weighted by molar-refractivity contribution is -0.330. The van der Waals surface area contributed by atoms with E-state index in [-0.39, 0.29) is 71.7 Å². The fourth-order valence-corrected chi connectivity index (χ4v) is 12.0. The number of ether oxygens (including phenoxy) is 12. The van der Waals surface area contributed by atoms with Crippen molar-refractivity contribution in [2.45, 2.75) is 261 Å². The van der Waals surface area contributed by atoms with Crippen LogP contribution < -0.4 is 4.74 Å². The van der Waals surface area contributed by atoms with E-state index in [9.17, 15) is 60.7 Å². The molecule has 0 radical (unpaired) electrons. The van der Waals surface area contributed by atoms with Gasteiger partial charge < -0.3 is 108 Å². The molecule has 1 aliphatic carbocycles. The third-order valence-electron chi connectivity index (χ3n) is 16.7. The number of hydrogen-bond acceptors (Lipinski definition) is 25. The number of aromatic hydroxyl groups is 2. The number of rotatable bonds is 18. The summed E-state index contributed by atoms with van der Waals surface area (Å²) in [5.74, 6) is -5.04. The average Bonchev–Trinajstić information content (AvgIpc) is 3.51. The normalized spacial score (nSPS) is 40.0. The smallest absolute Gasteiger partial charge is 0.303 e. The number of methoxy groups -OCH3 is 1. The lowest BCUT2D eigenvalue weighted by atomic mass is 9.74. The van der Waals surface area contributed by atoms with Crippen molar-refractivity contribution in [1.82, 2.24) is 0 Å².